The topological polar surface area (TPSA) is 38.8 Å². The number of amides is 1. The molecule has 2 aromatic carbocycles. The van der Waals surface area contributed by atoms with Crippen LogP contribution >= 0.6 is 0 Å². The first kappa shape index (κ1) is 15.3. The first-order valence-electron chi connectivity index (χ1n) is 7.48. The van der Waals surface area contributed by atoms with Gasteiger partial charge in [0.1, 0.15) is 5.75 Å². The van der Waals surface area contributed by atoms with E-state index in [1.165, 1.54) is 0 Å². The van der Waals surface area contributed by atoms with Crippen molar-refractivity contribution in [2.45, 2.75) is 12.1 Å². The minimum Gasteiger partial charge on any atom is -0.497 e. The molecular weight excluding hydrogens is 290 g/mol. The van der Waals surface area contributed by atoms with Crippen LogP contribution in [-0.4, -0.2) is 32.3 Å². The van der Waals surface area contributed by atoms with Gasteiger partial charge in [0.05, 0.1) is 13.2 Å². The number of anilines is 1. The molecule has 0 aliphatic carbocycles. The molecule has 0 spiro atoms. The zero-order valence-corrected chi connectivity index (χ0v) is 13.2. The zero-order chi connectivity index (χ0) is 16.2. The molecule has 1 fully saturated rings. The summed E-state index contributed by atoms with van der Waals surface area (Å²) in [5.74, 6) is 0.738. The average molecular weight is 309 g/mol. The fourth-order valence-corrected chi connectivity index (χ4v) is 2.73. The predicted molar refractivity (Wildman–Crippen MR) is 90.5 cm³/mol. The number of carbonyl (C=O) groups excluding carboxylic acids is 1. The van der Waals surface area contributed by atoms with E-state index in [1.807, 2.05) is 66.7 Å². The molecule has 0 saturated carbocycles. The Labute approximate surface area is 135 Å². The molecule has 2 unspecified atom stereocenters. The summed E-state index contributed by atoms with van der Waals surface area (Å²) in [7, 11) is 3.19. The first-order chi connectivity index (χ1) is 11.2. The van der Waals surface area contributed by atoms with E-state index < -0.39 is 6.10 Å². The van der Waals surface area contributed by atoms with Crippen molar-refractivity contribution in [1.29, 1.82) is 0 Å². The highest BCUT2D eigenvalue weighted by molar-refractivity contribution is 6.05. The maximum atomic E-state index is 12.3. The van der Waals surface area contributed by atoms with Gasteiger partial charge >= 0.3 is 0 Å². The van der Waals surface area contributed by atoms with Crippen molar-refractivity contribution in [3.05, 3.63) is 66.2 Å². The molecule has 1 amide bonds. The smallest absolute Gasteiger partial charge is 0.259 e. The van der Waals surface area contributed by atoms with Gasteiger partial charge in [-0.15, -0.1) is 0 Å². The van der Waals surface area contributed by atoms with Crippen LogP contribution < -0.4 is 9.64 Å². The van der Waals surface area contributed by atoms with Gasteiger partial charge in [-0.1, -0.05) is 42.5 Å². The lowest BCUT2D eigenvalue weighted by atomic mass is 9.95. The molecule has 2 aromatic rings. The quantitative estimate of drug-likeness (QED) is 0.797. The fraction of sp³-hybridized carbons (Fsp3) is 0.211. The first-order valence-corrected chi connectivity index (χ1v) is 7.48. The summed E-state index contributed by atoms with van der Waals surface area (Å²) < 4.78 is 10.5. The van der Waals surface area contributed by atoms with Gasteiger partial charge in [-0.05, 0) is 29.8 Å². The van der Waals surface area contributed by atoms with Crippen molar-refractivity contribution in [3.8, 4) is 5.75 Å². The lowest BCUT2D eigenvalue weighted by Gasteiger charge is -2.44. The third-order valence-electron chi connectivity index (χ3n) is 3.98. The Bertz CT molecular complexity index is 694. The standard InChI is InChI=1S/C19H19NO3/c1-22-16-11-9-15(10-12-16)20-17(18(23-2)19(20)21)13-8-14-6-4-3-5-7-14/h3-13,17-18H,1-2H3/b13-8+. The monoisotopic (exact) mass is 309 g/mol. The highest BCUT2D eigenvalue weighted by Crippen LogP contribution is 2.32. The van der Waals surface area contributed by atoms with E-state index >= 15 is 0 Å². The van der Waals surface area contributed by atoms with Crippen LogP contribution in [0.4, 0.5) is 5.69 Å². The molecule has 1 aliphatic rings. The van der Waals surface area contributed by atoms with E-state index in [0.717, 1.165) is 17.0 Å². The second-order valence-electron chi connectivity index (χ2n) is 5.32. The molecule has 23 heavy (non-hydrogen) atoms. The number of methoxy groups -OCH3 is 2. The maximum absolute atomic E-state index is 12.3. The summed E-state index contributed by atoms with van der Waals surface area (Å²) in [5, 5.41) is 0. The second kappa shape index (κ2) is 6.67. The Hall–Kier alpha value is -2.59. The highest BCUT2D eigenvalue weighted by Gasteiger charge is 2.47. The minimum absolute atomic E-state index is 0.0274. The lowest BCUT2D eigenvalue weighted by Crippen LogP contribution is -2.65. The predicted octanol–water partition coefficient (Wildman–Crippen LogP) is 3.14. The van der Waals surface area contributed by atoms with Crippen LogP contribution in [0.1, 0.15) is 5.56 Å². The van der Waals surface area contributed by atoms with E-state index in [2.05, 4.69) is 0 Å². The van der Waals surface area contributed by atoms with E-state index in [1.54, 1.807) is 19.1 Å². The zero-order valence-electron chi connectivity index (χ0n) is 13.2. The minimum atomic E-state index is -0.433. The van der Waals surface area contributed by atoms with Gasteiger partial charge in [-0.25, -0.2) is 0 Å². The molecule has 2 atom stereocenters. The van der Waals surface area contributed by atoms with E-state index in [-0.39, 0.29) is 11.9 Å². The summed E-state index contributed by atoms with van der Waals surface area (Å²) in [6, 6.07) is 17.3. The van der Waals surface area contributed by atoms with Crippen LogP contribution in [0, 0.1) is 0 Å². The molecule has 1 aliphatic heterocycles. The summed E-state index contributed by atoms with van der Waals surface area (Å²) in [6.07, 6.45) is 3.59. The molecular formula is C19H19NO3. The Kier molecular flexibility index (Phi) is 4.44. The molecule has 0 bridgehead atoms. The van der Waals surface area contributed by atoms with Gasteiger partial charge in [0.25, 0.3) is 5.91 Å². The number of benzene rings is 2. The molecule has 118 valence electrons. The maximum Gasteiger partial charge on any atom is 0.259 e. The molecule has 1 heterocycles. The van der Waals surface area contributed by atoms with E-state index in [4.69, 9.17) is 9.47 Å². The molecule has 1 saturated heterocycles. The third kappa shape index (κ3) is 2.98. The van der Waals surface area contributed by atoms with Crippen LogP contribution in [0.15, 0.2) is 60.7 Å². The fourth-order valence-electron chi connectivity index (χ4n) is 2.73. The molecule has 4 heteroatoms. The van der Waals surface area contributed by atoms with Crippen molar-refractivity contribution in [2.75, 3.05) is 19.1 Å². The third-order valence-corrected chi connectivity index (χ3v) is 3.98. The Morgan fingerprint density at radius 3 is 2.30 bits per heavy atom. The van der Waals surface area contributed by atoms with Crippen LogP contribution in [0.25, 0.3) is 6.08 Å². The Balaban J connectivity index is 1.83. The van der Waals surface area contributed by atoms with Gasteiger partial charge in [0, 0.05) is 12.8 Å². The number of rotatable bonds is 5. The Morgan fingerprint density at radius 1 is 1.00 bits per heavy atom. The van der Waals surface area contributed by atoms with Crippen LogP contribution in [0.2, 0.25) is 0 Å². The number of ether oxygens (including phenoxy) is 2. The Morgan fingerprint density at radius 2 is 1.70 bits per heavy atom. The number of hydrogen-bond acceptors (Lipinski definition) is 3. The van der Waals surface area contributed by atoms with Gasteiger partial charge < -0.3 is 9.47 Å². The second-order valence-corrected chi connectivity index (χ2v) is 5.32. The van der Waals surface area contributed by atoms with Crippen molar-refractivity contribution in [1.82, 2.24) is 0 Å². The van der Waals surface area contributed by atoms with E-state index in [0.29, 0.717) is 0 Å². The summed E-state index contributed by atoms with van der Waals surface area (Å²) in [6.45, 7) is 0. The largest absolute Gasteiger partial charge is 0.497 e. The van der Waals surface area contributed by atoms with Gasteiger partial charge in [0.2, 0.25) is 0 Å². The van der Waals surface area contributed by atoms with Crippen molar-refractivity contribution >= 4 is 17.7 Å². The number of carbonyl (C=O) groups is 1. The van der Waals surface area contributed by atoms with Gasteiger partial charge in [-0.3, -0.25) is 9.69 Å². The number of nitrogens with zero attached hydrogens (tertiary/aromatic N) is 1. The molecule has 3 rings (SSSR count). The van der Waals surface area contributed by atoms with E-state index in [9.17, 15) is 4.79 Å². The molecule has 0 N–H and O–H groups in total. The van der Waals surface area contributed by atoms with Gasteiger partial charge in [0.15, 0.2) is 6.10 Å². The van der Waals surface area contributed by atoms with Crippen LogP contribution in [0.3, 0.4) is 0 Å². The highest BCUT2D eigenvalue weighted by atomic mass is 16.5. The summed E-state index contributed by atoms with van der Waals surface area (Å²) >= 11 is 0. The molecule has 0 aromatic heterocycles. The van der Waals surface area contributed by atoms with Crippen molar-refractivity contribution < 1.29 is 14.3 Å². The number of hydrogen-bond donors (Lipinski definition) is 0. The normalized spacial score (nSPS) is 20.6. The van der Waals surface area contributed by atoms with Crippen LogP contribution in [0.5, 0.6) is 5.75 Å². The average Bonchev–Trinajstić information content (AvgIpc) is 2.60. The summed E-state index contributed by atoms with van der Waals surface area (Å²) in [4.78, 5) is 14.0. The van der Waals surface area contributed by atoms with Crippen LogP contribution in [-0.2, 0) is 9.53 Å². The van der Waals surface area contributed by atoms with Gasteiger partial charge in [-0.2, -0.15) is 0 Å². The number of β-lactam (4-membered cyclic amide) rings is 1. The van der Waals surface area contributed by atoms with Crippen molar-refractivity contribution in [3.63, 3.8) is 0 Å². The molecule has 0 radical (unpaired) electrons. The van der Waals surface area contributed by atoms with Crippen molar-refractivity contribution in [2.24, 2.45) is 0 Å². The lowest BCUT2D eigenvalue weighted by molar-refractivity contribution is -0.137. The summed E-state index contributed by atoms with van der Waals surface area (Å²) in [5.41, 5.74) is 1.93. The molecule has 4 nitrogen and oxygen atoms in total. The SMILES string of the molecule is COc1ccc(N2C(=O)C(OC)C2/C=C/c2ccccc2)cc1.